The number of ether oxygens (including phenoxy) is 1. The molecule has 0 bridgehead atoms. The number of hydrogen-bond donors (Lipinski definition) is 3. The smallest absolute Gasteiger partial charge is 0.352 e. The molecule has 1 unspecified atom stereocenters. The Labute approximate surface area is 169 Å². The second kappa shape index (κ2) is 7.87. The van der Waals surface area contributed by atoms with Crippen LogP contribution in [0.5, 0.6) is 0 Å². The lowest BCUT2D eigenvalue weighted by Crippen LogP contribution is -2.76. The van der Waals surface area contributed by atoms with E-state index in [1.807, 2.05) is 0 Å². The normalized spacial score (nSPS) is 23.4. The Morgan fingerprint density at radius 1 is 1.41 bits per heavy atom. The highest BCUT2D eigenvalue weighted by molar-refractivity contribution is 8.00. The van der Waals surface area contributed by atoms with Crippen molar-refractivity contribution in [2.45, 2.75) is 37.2 Å². The van der Waals surface area contributed by atoms with E-state index in [-0.39, 0.29) is 30.3 Å². The molecule has 29 heavy (non-hydrogen) atoms. The molecule has 2 aliphatic heterocycles. The second-order valence-corrected chi connectivity index (χ2v) is 7.76. The van der Waals surface area contributed by atoms with Crippen LogP contribution in [0.3, 0.4) is 0 Å². The first-order valence-corrected chi connectivity index (χ1v) is 9.79. The minimum atomic E-state index is -1.54. The zero-order valence-electron chi connectivity index (χ0n) is 15.5. The van der Waals surface area contributed by atoms with Crippen LogP contribution in [0, 0.1) is 0 Å². The predicted octanol–water partition coefficient (Wildman–Crippen LogP) is -0.281. The zero-order valence-corrected chi connectivity index (χ0v) is 16.3. The summed E-state index contributed by atoms with van der Waals surface area (Å²) >= 11 is 1.26. The van der Waals surface area contributed by atoms with Gasteiger partial charge in [0.05, 0.1) is 0 Å². The molecule has 0 spiro atoms. The van der Waals surface area contributed by atoms with Gasteiger partial charge in [-0.1, -0.05) is 0 Å². The summed E-state index contributed by atoms with van der Waals surface area (Å²) in [6.07, 6.45) is 3.36. The molecule has 3 heterocycles. The maximum absolute atomic E-state index is 13.0. The van der Waals surface area contributed by atoms with Crippen LogP contribution in [0.15, 0.2) is 23.7 Å². The van der Waals surface area contributed by atoms with Gasteiger partial charge in [-0.3, -0.25) is 19.3 Å². The van der Waals surface area contributed by atoms with Gasteiger partial charge in [-0.15, -0.1) is 11.8 Å². The number of esters is 1. The lowest BCUT2D eigenvalue weighted by Gasteiger charge is -2.54. The zero-order chi connectivity index (χ0) is 21.3. The molecule has 3 rings (SSSR count). The van der Waals surface area contributed by atoms with Gasteiger partial charge in [-0.05, 0) is 6.42 Å². The van der Waals surface area contributed by atoms with Crippen molar-refractivity contribution in [3.05, 3.63) is 29.5 Å². The average molecular weight is 424 g/mol. The molecule has 0 saturated carbocycles. The van der Waals surface area contributed by atoms with Crippen molar-refractivity contribution in [1.29, 1.82) is 0 Å². The van der Waals surface area contributed by atoms with Gasteiger partial charge in [0.25, 0.3) is 5.91 Å². The number of carboxylic acids is 2. The molecular formula is C17H20N4O7S. The minimum absolute atomic E-state index is 0.0428. The molecule has 2 atom stereocenters. The summed E-state index contributed by atoms with van der Waals surface area (Å²) in [5.74, 6) is -2.94. The molecule has 12 heteroatoms. The number of aliphatic carboxylic acids is 2. The third kappa shape index (κ3) is 3.60. The Morgan fingerprint density at radius 3 is 2.76 bits per heavy atom. The van der Waals surface area contributed by atoms with Crippen LogP contribution in [-0.4, -0.2) is 66.2 Å². The fourth-order valence-electron chi connectivity index (χ4n) is 3.41. The quantitative estimate of drug-likeness (QED) is 0.373. The average Bonchev–Trinajstić information content (AvgIpc) is 3.12. The maximum atomic E-state index is 13.0. The van der Waals surface area contributed by atoms with E-state index in [9.17, 15) is 24.3 Å². The van der Waals surface area contributed by atoms with Gasteiger partial charge in [-0.2, -0.15) is 0 Å². The van der Waals surface area contributed by atoms with Crippen molar-refractivity contribution in [3.8, 4) is 0 Å². The Hall–Kier alpha value is -2.86. The number of carbonyl (C=O) groups excluding carboxylic acids is 2. The summed E-state index contributed by atoms with van der Waals surface area (Å²) in [6.45, 7) is 1.30. The van der Waals surface area contributed by atoms with E-state index < -0.39 is 34.7 Å². The van der Waals surface area contributed by atoms with Gasteiger partial charge in [0.15, 0.2) is 5.54 Å². The highest BCUT2D eigenvalue weighted by atomic mass is 32.2. The molecule has 2 aliphatic rings. The Kier molecular flexibility index (Phi) is 5.66. The van der Waals surface area contributed by atoms with Crippen LogP contribution in [-0.2, 0) is 36.0 Å². The molecule has 4 N–H and O–H groups in total. The SMILES string of the molecule is CC(=O)OCC1=C(C(=O)O)N2C(=O)C(N)(c3nccn3CCCC(=O)O)[C@@H]2SC1. The summed E-state index contributed by atoms with van der Waals surface area (Å²) in [7, 11) is 0. The van der Waals surface area contributed by atoms with Gasteiger partial charge in [-0.25, -0.2) is 9.78 Å². The number of amides is 1. The number of carbonyl (C=O) groups is 4. The Bertz CT molecular complexity index is 911. The number of carboxylic acid groups (broad SMARTS) is 2. The van der Waals surface area contributed by atoms with E-state index in [4.69, 9.17) is 15.6 Å². The van der Waals surface area contributed by atoms with E-state index in [0.717, 1.165) is 4.90 Å². The Balaban J connectivity index is 1.87. The van der Waals surface area contributed by atoms with Crippen LogP contribution < -0.4 is 5.73 Å². The third-order valence-electron chi connectivity index (χ3n) is 4.72. The van der Waals surface area contributed by atoms with Gasteiger partial charge in [0.2, 0.25) is 0 Å². The number of imidazole rings is 1. The second-order valence-electron chi connectivity index (χ2n) is 6.69. The number of thioether (sulfide) groups is 1. The van der Waals surface area contributed by atoms with Gasteiger partial charge in [0.1, 0.15) is 23.5 Å². The predicted molar refractivity (Wildman–Crippen MR) is 99.3 cm³/mol. The number of hydrogen-bond acceptors (Lipinski definition) is 8. The Morgan fingerprint density at radius 2 is 2.14 bits per heavy atom. The first-order valence-electron chi connectivity index (χ1n) is 8.74. The molecule has 1 aromatic rings. The highest BCUT2D eigenvalue weighted by Gasteiger charge is 2.65. The summed E-state index contributed by atoms with van der Waals surface area (Å²) in [5.41, 5.74) is 4.96. The molecule has 1 saturated heterocycles. The lowest BCUT2D eigenvalue weighted by molar-refractivity contribution is -0.156. The molecule has 1 fully saturated rings. The monoisotopic (exact) mass is 424 g/mol. The van der Waals surface area contributed by atoms with Crippen LogP contribution in [0.25, 0.3) is 0 Å². The molecule has 11 nitrogen and oxygen atoms in total. The molecule has 1 aromatic heterocycles. The van der Waals surface area contributed by atoms with Crippen LogP contribution in [0.1, 0.15) is 25.6 Å². The number of rotatable bonds is 8. The van der Waals surface area contributed by atoms with E-state index in [0.29, 0.717) is 18.5 Å². The first-order chi connectivity index (χ1) is 13.7. The molecule has 1 amide bonds. The van der Waals surface area contributed by atoms with Gasteiger partial charge in [0, 0.05) is 43.6 Å². The van der Waals surface area contributed by atoms with Crippen LogP contribution >= 0.6 is 11.8 Å². The molecule has 0 radical (unpaired) electrons. The van der Waals surface area contributed by atoms with Gasteiger partial charge >= 0.3 is 17.9 Å². The number of aryl methyl sites for hydroxylation is 1. The number of nitrogens with zero attached hydrogens (tertiary/aromatic N) is 3. The summed E-state index contributed by atoms with van der Waals surface area (Å²) in [6, 6.07) is 0. The summed E-state index contributed by atoms with van der Waals surface area (Å²) in [5, 5.41) is 17.7. The van der Waals surface area contributed by atoms with E-state index in [1.54, 1.807) is 10.8 Å². The van der Waals surface area contributed by atoms with Crippen molar-refractivity contribution in [2.75, 3.05) is 12.4 Å². The topological polar surface area (TPSA) is 165 Å². The number of β-lactam (4-membered cyclic amide) rings is 1. The van der Waals surface area contributed by atoms with Crippen LogP contribution in [0.2, 0.25) is 0 Å². The number of fused-ring (bicyclic) bond motifs is 1. The number of nitrogens with two attached hydrogens (primary N) is 1. The van der Waals surface area contributed by atoms with Crippen molar-refractivity contribution >= 4 is 35.6 Å². The van der Waals surface area contributed by atoms with Crippen molar-refractivity contribution in [3.63, 3.8) is 0 Å². The van der Waals surface area contributed by atoms with Gasteiger partial charge < -0.3 is 25.3 Å². The summed E-state index contributed by atoms with van der Waals surface area (Å²) < 4.78 is 6.53. The molecular weight excluding hydrogens is 404 g/mol. The van der Waals surface area contributed by atoms with E-state index in [2.05, 4.69) is 4.98 Å². The molecule has 0 aromatic carbocycles. The van der Waals surface area contributed by atoms with E-state index >= 15 is 0 Å². The largest absolute Gasteiger partial charge is 0.481 e. The van der Waals surface area contributed by atoms with Crippen molar-refractivity contribution < 1.29 is 34.1 Å². The minimum Gasteiger partial charge on any atom is -0.481 e. The maximum Gasteiger partial charge on any atom is 0.352 e. The first kappa shape index (κ1) is 20.9. The van der Waals surface area contributed by atoms with Crippen molar-refractivity contribution in [1.82, 2.24) is 14.5 Å². The standard InChI is InChI=1S/C17H20N4O7S/c1-9(22)28-7-10-8-29-16-17(18,15(27)21(16)12(10)13(25)26)14-19-4-6-20(14)5-2-3-11(23)24/h4,6,16H,2-3,5,7-8,18H2,1H3,(H,23,24)(H,25,26)/t16-,17?/m0/s1. The number of aromatic nitrogens is 2. The van der Waals surface area contributed by atoms with Crippen molar-refractivity contribution in [2.24, 2.45) is 5.73 Å². The van der Waals surface area contributed by atoms with E-state index in [1.165, 1.54) is 24.9 Å². The van der Waals surface area contributed by atoms with Crippen LogP contribution in [0.4, 0.5) is 0 Å². The lowest BCUT2D eigenvalue weighted by atomic mass is 9.86. The highest BCUT2D eigenvalue weighted by Crippen LogP contribution is 2.49. The fraction of sp³-hybridized carbons (Fsp3) is 0.471. The molecule has 156 valence electrons. The summed E-state index contributed by atoms with van der Waals surface area (Å²) in [4.78, 5) is 51.9. The molecule has 0 aliphatic carbocycles. The fourth-order valence-corrected chi connectivity index (χ4v) is 4.80. The third-order valence-corrected chi connectivity index (χ3v) is 6.13.